The summed E-state index contributed by atoms with van der Waals surface area (Å²) in [5.74, 6) is 5.09. The van der Waals surface area contributed by atoms with Gasteiger partial charge in [0, 0.05) is 62.0 Å². The van der Waals surface area contributed by atoms with Crippen LogP contribution in [0.2, 0.25) is 0 Å². The summed E-state index contributed by atoms with van der Waals surface area (Å²) in [6.07, 6.45) is 11.8. The number of aliphatic hydroxyl groups excluding tert-OH is 1. The van der Waals surface area contributed by atoms with Crippen molar-refractivity contribution in [2.24, 2.45) is 5.92 Å². The third-order valence-electron chi connectivity index (χ3n) is 7.47. The van der Waals surface area contributed by atoms with Crippen molar-refractivity contribution in [3.05, 3.63) is 54.2 Å². The normalized spacial score (nSPS) is 16.6. The molecule has 0 radical (unpaired) electrons. The number of nitrogens with one attached hydrogen (secondary N) is 1. The van der Waals surface area contributed by atoms with E-state index in [1.807, 2.05) is 42.5 Å². The van der Waals surface area contributed by atoms with E-state index in [1.54, 1.807) is 11.1 Å². The van der Waals surface area contributed by atoms with E-state index in [9.17, 15) is 9.90 Å². The fourth-order valence-electron chi connectivity index (χ4n) is 5.18. The van der Waals surface area contributed by atoms with Crippen molar-refractivity contribution in [3.8, 4) is 23.8 Å². The summed E-state index contributed by atoms with van der Waals surface area (Å²) in [5, 5.41) is 14.5. The first-order valence-electron chi connectivity index (χ1n) is 13.6. The lowest BCUT2D eigenvalue weighted by Gasteiger charge is -2.32. The molecule has 8 heteroatoms. The second kappa shape index (κ2) is 12.8. The van der Waals surface area contributed by atoms with Gasteiger partial charge < -0.3 is 29.5 Å². The molecule has 2 N–H and O–H groups in total. The molecule has 5 rings (SSSR count). The van der Waals surface area contributed by atoms with Crippen molar-refractivity contribution in [1.29, 1.82) is 0 Å². The van der Waals surface area contributed by atoms with Gasteiger partial charge in [-0.1, -0.05) is 12.0 Å². The van der Waals surface area contributed by atoms with Gasteiger partial charge in [-0.25, -0.2) is 4.98 Å². The summed E-state index contributed by atoms with van der Waals surface area (Å²) in [7, 11) is 0. The van der Waals surface area contributed by atoms with Gasteiger partial charge in [0.1, 0.15) is 18.5 Å². The summed E-state index contributed by atoms with van der Waals surface area (Å²) in [6, 6.07) is 13.6. The maximum Gasteiger partial charge on any atom is 0.248 e. The average molecular weight is 530 g/mol. The number of carbonyl (C=O) groups is 1. The molecule has 2 aliphatic rings. The number of hydrogen-bond acceptors (Lipinski definition) is 7. The number of benzene rings is 2. The molecule has 2 fully saturated rings. The van der Waals surface area contributed by atoms with Crippen LogP contribution in [-0.2, 0) is 9.53 Å². The molecule has 1 aromatic heterocycles. The van der Waals surface area contributed by atoms with Gasteiger partial charge in [-0.05, 0) is 67.0 Å². The number of aliphatic hydroxyl groups is 1. The van der Waals surface area contributed by atoms with Gasteiger partial charge in [-0.15, -0.1) is 6.42 Å². The van der Waals surface area contributed by atoms with Crippen molar-refractivity contribution < 1.29 is 24.1 Å². The Morgan fingerprint density at radius 3 is 2.72 bits per heavy atom. The van der Waals surface area contributed by atoms with Crippen LogP contribution >= 0.6 is 0 Å². The van der Waals surface area contributed by atoms with E-state index in [0.29, 0.717) is 55.8 Å². The van der Waals surface area contributed by atoms with E-state index >= 15 is 0 Å². The third kappa shape index (κ3) is 6.80. The number of pyridine rings is 1. The highest BCUT2D eigenvalue weighted by Crippen LogP contribution is 2.37. The van der Waals surface area contributed by atoms with E-state index in [0.717, 1.165) is 54.5 Å². The SMILES string of the molecule is C#Cc1cccc(Nc2nccc3cc(OCCC4CCOCC4)c(OC4CCN(C(=O)CO)CC4)cc23)c1. The van der Waals surface area contributed by atoms with E-state index in [1.165, 1.54) is 0 Å². The van der Waals surface area contributed by atoms with Crippen LogP contribution in [-0.4, -0.2) is 66.5 Å². The highest BCUT2D eigenvalue weighted by atomic mass is 16.5. The molecule has 8 nitrogen and oxygen atoms in total. The molecule has 204 valence electrons. The lowest BCUT2D eigenvalue weighted by atomic mass is 9.97. The van der Waals surface area contributed by atoms with Crippen LogP contribution < -0.4 is 14.8 Å². The highest BCUT2D eigenvalue weighted by molar-refractivity contribution is 5.95. The molecule has 2 aliphatic heterocycles. The van der Waals surface area contributed by atoms with Crippen LogP contribution in [0.5, 0.6) is 11.5 Å². The first-order valence-corrected chi connectivity index (χ1v) is 13.6. The molecule has 0 unspecified atom stereocenters. The number of rotatable bonds is 9. The maximum absolute atomic E-state index is 11.9. The molecule has 0 saturated carbocycles. The Hall–Kier alpha value is -3.80. The van der Waals surface area contributed by atoms with E-state index < -0.39 is 6.61 Å². The first-order chi connectivity index (χ1) is 19.1. The Balaban J connectivity index is 1.39. The molecule has 3 heterocycles. The fraction of sp³-hybridized carbons (Fsp3) is 0.419. The number of carbonyl (C=O) groups excluding carboxylic acids is 1. The predicted octanol–water partition coefficient (Wildman–Crippen LogP) is 4.52. The second-order valence-electron chi connectivity index (χ2n) is 10.1. The molecule has 1 amide bonds. The van der Waals surface area contributed by atoms with Crippen molar-refractivity contribution in [1.82, 2.24) is 9.88 Å². The fourth-order valence-corrected chi connectivity index (χ4v) is 5.18. The number of nitrogens with zero attached hydrogens (tertiary/aromatic N) is 2. The Labute approximate surface area is 229 Å². The van der Waals surface area contributed by atoms with Crippen LogP contribution in [0, 0.1) is 18.3 Å². The maximum atomic E-state index is 11.9. The molecular weight excluding hydrogens is 494 g/mol. The smallest absolute Gasteiger partial charge is 0.248 e. The quantitative estimate of drug-likeness (QED) is 0.394. The second-order valence-corrected chi connectivity index (χ2v) is 10.1. The summed E-state index contributed by atoms with van der Waals surface area (Å²) in [4.78, 5) is 18.2. The van der Waals surface area contributed by atoms with Crippen molar-refractivity contribution >= 4 is 28.2 Å². The average Bonchev–Trinajstić information content (AvgIpc) is 2.98. The van der Waals surface area contributed by atoms with Crippen molar-refractivity contribution in [3.63, 3.8) is 0 Å². The van der Waals surface area contributed by atoms with Crippen molar-refractivity contribution in [2.45, 2.75) is 38.2 Å². The topological polar surface area (TPSA) is 93.2 Å². The molecule has 39 heavy (non-hydrogen) atoms. The van der Waals surface area contributed by atoms with Gasteiger partial charge in [0.05, 0.1) is 6.61 Å². The first kappa shape index (κ1) is 26.8. The minimum atomic E-state index is -0.464. The van der Waals surface area contributed by atoms with Crippen LogP contribution in [0.3, 0.4) is 0 Å². The molecular formula is C31H35N3O5. The number of fused-ring (bicyclic) bond motifs is 1. The van der Waals surface area contributed by atoms with Gasteiger partial charge >= 0.3 is 0 Å². The zero-order valence-electron chi connectivity index (χ0n) is 22.1. The Kier molecular flexibility index (Phi) is 8.82. The van der Waals surface area contributed by atoms with Gasteiger partial charge in [0.25, 0.3) is 0 Å². The Bertz CT molecular complexity index is 1320. The molecule has 3 aromatic rings. The molecule has 2 saturated heterocycles. The standard InChI is InChI=1S/C31H35N3O5/c1-2-22-4-3-5-25(18-22)33-31-27-20-29(39-26-7-13-34(14-8-26)30(36)21-35)28(19-24(27)6-12-32-31)38-17-11-23-9-15-37-16-10-23/h1,3-6,12,18-20,23,26,35H,7-11,13-17,21H2,(H,32,33). The zero-order chi connectivity index (χ0) is 27.0. The number of likely N-dealkylation sites (tertiary alicyclic amines) is 1. The lowest BCUT2D eigenvalue weighted by Crippen LogP contribution is -2.42. The van der Waals surface area contributed by atoms with Gasteiger partial charge in [-0.2, -0.15) is 0 Å². The molecule has 0 atom stereocenters. The summed E-state index contributed by atoms with van der Waals surface area (Å²) in [6.45, 7) is 2.88. The summed E-state index contributed by atoms with van der Waals surface area (Å²) < 4.78 is 18.3. The molecule has 0 spiro atoms. The number of hydrogen-bond donors (Lipinski definition) is 2. The molecule has 0 bridgehead atoms. The van der Waals surface area contributed by atoms with Crippen LogP contribution in [0.25, 0.3) is 10.8 Å². The largest absolute Gasteiger partial charge is 0.490 e. The minimum absolute atomic E-state index is 0.0663. The zero-order valence-corrected chi connectivity index (χ0v) is 22.1. The summed E-state index contributed by atoms with van der Waals surface area (Å²) in [5.41, 5.74) is 1.64. The number of terminal acetylenes is 1. The number of ether oxygens (including phenoxy) is 3. The van der Waals surface area contributed by atoms with E-state index in [2.05, 4.69) is 16.2 Å². The number of amides is 1. The predicted molar refractivity (Wildman–Crippen MR) is 150 cm³/mol. The van der Waals surface area contributed by atoms with Crippen LogP contribution in [0.15, 0.2) is 48.7 Å². The van der Waals surface area contributed by atoms with Crippen molar-refractivity contribution in [2.75, 3.05) is 44.8 Å². The van der Waals surface area contributed by atoms with Crippen LogP contribution in [0.1, 0.15) is 37.7 Å². The Morgan fingerprint density at radius 2 is 1.95 bits per heavy atom. The minimum Gasteiger partial charge on any atom is -0.490 e. The summed E-state index contributed by atoms with van der Waals surface area (Å²) >= 11 is 0. The van der Waals surface area contributed by atoms with Gasteiger partial charge in [0.15, 0.2) is 11.5 Å². The third-order valence-corrected chi connectivity index (χ3v) is 7.47. The number of anilines is 2. The van der Waals surface area contributed by atoms with Gasteiger partial charge in [0.2, 0.25) is 5.91 Å². The number of aromatic nitrogens is 1. The number of piperidine rings is 1. The molecule has 2 aromatic carbocycles. The highest BCUT2D eigenvalue weighted by Gasteiger charge is 2.25. The molecule has 0 aliphatic carbocycles. The Morgan fingerprint density at radius 1 is 1.13 bits per heavy atom. The van der Waals surface area contributed by atoms with Gasteiger partial charge in [-0.3, -0.25) is 4.79 Å². The lowest BCUT2D eigenvalue weighted by molar-refractivity contribution is -0.135. The van der Waals surface area contributed by atoms with Crippen LogP contribution in [0.4, 0.5) is 11.5 Å². The monoisotopic (exact) mass is 529 g/mol. The van der Waals surface area contributed by atoms with E-state index in [4.69, 9.17) is 20.6 Å². The van der Waals surface area contributed by atoms with E-state index in [-0.39, 0.29) is 12.0 Å².